The lowest BCUT2D eigenvalue weighted by atomic mass is 9.81. The van der Waals surface area contributed by atoms with E-state index in [1.54, 1.807) is 25.8 Å². The molecule has 0 saturated carbocycles. The fourth-order valence-electron chi connectivity index (χ4n) is 4.85. The molecule has 0 amide bonds. The van der Waals surface area contributed by atoms with E-state index in [1.807, 2.05) is 42.1 Å². The Labute approximate surface area is 200 Å². The highest BCUT2D eigenvalue weighted by atomic mass is 32.2. The van der Waals surface area contributed by atoms with Crippen molar-refractivity contribution in [2.45, 2.75) is 36.7 Å². The molecule has 1 saturated heterocycles. The summed E-state index contributed by atoms with van der Waals surface area (Å²) in [6, 6.07) is 9.66. The van der Waals surface area contributed by atoms with Gasteiger partial charge in [0.25, 0.3) is 0 Å². The van der Waals surface area contributed by atoms with Crippen LogP contribution >= 0.6 is 11.8 Å². The highest BCUT2D eigenvalue weighted by molar-refractivity contribution is 7.99. The molecule has 2 N–H and O–H groups in total. The van der Waals surface area contributed by atoms with Gasteiger partial charge in [0.15, 0.2) is 0 Å². The zero-order valence-electron chi connectivity index (χ0n) is 19.2. The predicted octanol–water partition coefficient (Wildman–Crippen LogP) is 4.76. The summed E-state index contributed by atoms with van der Waals surface area (Å²) < 4.78 is 10.5. The van der Waals surface area contributed by atoms with E-state index in [-0.39, 0.29) is 12.5 Å². The summed E-state index contributed by atoms with van der Waals surface area (Å²) in [5, 5.41) is 22.0. The maximum Gasteiger partial charge on any atom is 0.119 e. The molecule has 0 radical (unpaired) electrons. The second kappa shape index (κ2) is 11.9. The van der Waals surface area contributed by atoms with Gasteiger partial charge >= 0.3 is 0 Å². The van der Waals surface area contributed by atoms with Gasteiger partial charge in [0.05, 0.1) is 25.0 Å². The number of aliphatic hydroxyl groups is 2. The molecule has 3 aromatic rings. The van der Waals surface area contributed by atoms with Gasteiger partial charge < -0.3 is 24.3 Å². The second-order valence-corrected chi connectivity index (χ2v) is 10.00. The summed E-state index contributed by atoms with van der Waals surface area (Å²) in [6.45, 7) is 3.25. The molecule has 0 bridgehead atoms. The highest BCUT2D eigenvalue weighted by Crippen LogP contribution is 2.33. The minimum atomic E-state index is -0.556. The summed E-state index contributed by atoms with van der Waals surface area (Å²) in [7, 11) is 1.65. The highest BCUT2D eigenvalue weighted by Gasteiger charge is 2.29. The Bertz CT molecular complexity index is 997. The van der Waals surface area contributed by atoms with Gasteiger partial charge in [-0.1, -0.05) is 0 Å². The number of pyridine rings is 1. The quantitative estimate of drug-likeness (QED) is 0.309. The Morgan fingerprint density at radius 3 is 2.97 bits per heavy atom. The number of rotatable bonds is 11. The van der Waals surface area contributed by atoms with Crippen LogP contribution in [0.25, 0.3) is 10.9 Å². The maximum absolute atomic E-state index is 11.0. The average Bonchev–Trinajstić information content (AvgIpc) is 3.38. The number of thioether (sulfide) groups is 1. The van der Waals surface area contributed by atoms with Crippen LogP contribution < -0.4 is 4.74 Å². The van der Waals surface area contributed by atoms with Crippen LogP contribution in [0.5, 0.6) is 5.75 Å². The lowest BCUT2D eigenvalue weighted by Crippen LogP contribution is -2.42. The average molecular weight is 471 g/mol. The van der Waals surface area contributed by atoms with E-state index in [2.05, 4.69) is 9.88 Å². The van der Waals surface area contributed by atoms with E-state index in [0.717, 1.165) is 66.9 Å². The first-order valence-electron chi connectivity index (χ1n) is 11.8. The van der Waals surface area contributed by atoms with Crippen molar-refractivity contribution in [2.75, 3.05) is 39.1 Å². The van der Waals surface area contributed by atoms with Crippen molar-refractivity contribution in [3.63, 3.8) is 0 Å². The van der Waals surface area contributed by atoms with Crippen LogP contribution in [0.4, 0.5) is 0 Å². The van der Waals surface area contributed by atoms with E-state index in [0.29, 0.717) is 12.3 Å². The Hall–Kier alpha value is -2.06. The van der Waals surface area contributed by atoms with Gasteiger partial charge in [0, 0.05) is 29.6 Å². The number of aliphatic hydroxyl groups excluding tert-OH is 2. The van der Waals surface area contributed by atoms with E-state index in [4.69, 9.17) is 9.15 Å². The zero-order chi connectivity index (χ0) is 23.0. The maximum atomic E-state index is 11.0. The zero-order valence-corrected chi connectivity index (χ0v) is 20.0. The SMILES string of the molecule is COc1ccc2nccc([C@@H](O)CC[C@@H]3CCN(CCCSc4ccoc4)C[C@@H]3CO)c2c1. The molecule has 0 unspecified atom stereocenters. The number of hydrogen-bond donors (Lipinski definition) is 2. The largest absolute Gasteiger partial charge is 0.497 e. The number of ether oxygens (including phenoxy) is 1. The Morgan fingerprint density at radius 2 is 2.18 bits per heavy atom. The molecule has 178 valence electrons. The van der Waals surface area contributed by atoms with Crippen LogP contribution in [0.1, 0.15) is 37.4 Å². The van der Waals surface area contributed by atoms with E-state index < -0.39 is 6.10 Å². The smallest absolute Gasteiger partial charge is 0.119 e. The number of nitrogens with zero attached hydrogens (tertiary/aromatic N) is 2. The predicted molar refractivity (Wildman–Crippen MR) is 132 cm³/mol. The number of fused-ring (bicyclic) bond motifs is 1. The Kier molecular flexibility index (Phi) is 8.67. The monoisotopic (exact) mass is 470 g/mol. The standard InChI is InChI=1S/C26H34N2O4S/c1-31-21-4-5-25-24(15-21)23(7-10-27-25)26(30)6-3-19-8-12-28(16-20(19)17-29)11-2-14-33-22-9-13-32-18-22/h4-5,7,9-10,13,15,18-20,26,29-30H,2-3,6,8,11-12,14,16-17H2,1H3/t19-,20-,26+/m1/s1. The van der Waals surface area contributed by atoms with E-state index >= 15 is 0 Å². The Morgan fingerprint density at radius 1 is 1.27 bits per heavy atom. The molecule has 1 aliphatic rings. The molecular weight excluding hydrogens is 436 g/mol. The molecule has 2 aromatic heterocycles. The van der Waals surface area contributed by atoms with Gasteiger partial charge in [0.2, 0.25) is 0 Å². The summed E-state index contributed by atoms with van der Waals surface area (Å²) in [5.41, 5.74) is 1.76. The van der Waals surface area contributed by atoms with Crippen molar-refractivity contribution in [2.24, 2.45) is 11.8 Å². The van der Waals surface area contributed by atoms with Crippen LogP contribution in [0.3, 0.4) is 0 Å². The number of methoxy groups -OCH3 is 1. The topological polar surface area (TPSA) is 79.0 Å². The number of hydrogen-bond acceptors (Lipinski definition) is 7. The lowest BCUT2D eigenvalue weighted by molar-refractivity contribution is 0.0581. The third-order valence-corrected chi connectivity index (χ3v) is 7.80. The third-order valence-electron chi connectivity index (χ3n) is 6.74. The normalized spacial score (nSPS) is 20.2. The van der Waals surface area contributed by atoms with E-state index in [1.165, 1.54) is 4.90 Å². The van der Waals surface area contributed by atoms with Crippen molar-refractivity contribution >= 4 is 22.7 Å². The van der Waals surface area contributed by atoms with Gasteiger partial charge in [-0.25, -0.2) is 0 Å². The summed E-state index contributed by atoms with van der Waals surface area (Å²) in [4.78, 5) is 8.08. The van der Waals surface area contributed by atoms with Gasteiger partial charge in [-0.05, 0) is 92.3 Å². The van der Waals surface area contributed by atoms with E-state index in [9.17, 15) is 10.2 Å². The minimum absolute atomic E-state index is 0.205. The first-order chi connectivity index (χ1) is 16.2. The molecule has 0 spiro atoms. The fraction of sp³-hybridized carbons (Fsp3) is 0.500. The first kappa shape index (κ1) is 24.1. The molecule has 1 fully saturated rings. The van der Waals surface area contributed by atoms with Crippen molar-refractivity contribution in [3.05, 3.63) is 54.6 Å². The molecule has 0 aliphatic carbocycles. The number of furan rings is 1. The van der Waals surface area contributed by atoms with Crippen molar-refractivity contribution < 1.29 is 19.4 Å². The lowest BCUT2D eigenvalue weighted by Gasteiger charge is -2.38. The van der Waals surface area contributed by atoms with Crippen LogP contribution in [0.2, 0.25) is 0 Å². The molecule has 1 aromatic carbocycles. The first-order valence-corrected chi connectivity index (χ1v) is 12.8. The van der Waals surface area contributed by atoms with Crippen molar-refractivity contribution in [1.29, 1.82) is 0 Å². The van der Waals surface area contributed by atoms with Crippen molar-refractivity contribution in [1.82, 2.24) is 9.88 Å². The number of aromatic nitrogens is 1. The molecule has 1 aliphatic heterocycles. The van der Waals surface area contributed by atoms with Crippen LogP contribution in [-0.2, 0) is 0 Å². The van der Waals surface area contributed by atoms with Crippen LogP contribution in [0.15, 0.2) is 58.4 Å². The number of piperidine rings is 1. The summed E-state index contributed by atoms with van der Waals surface area (Å²) in [6.07, 6.45) is 8.48. The van der Waals surface area contributed by atoms with Crippen molar-refractivity contribution in [3.8, 4) is 5.75 Å². The molecule has 3 atom stereocenters. The van der Waals surface area contributed by atoms with Gasteiger partial charge in [-0.3, -0.25) is 4.98 Å². The van der Waals surface area contributed by atoms with Gasteiger partial charge in [0.1, 0.15) is 12.0 Å². The van der Waals surface area contributed by atoms with Crippen LogP contribution in [-0.4, -0.2) is 59.2 Å². The Balaban J connectivity index is 1.27. The second-order valence-electron chi connectivity index (χ2n) is 8.83. The number of likely N-dealkylation sites (tertiary alicyclic amines) is 1. The number of benzene rings is 1. The summed E-state index contributed by atoms with van der Waals surface area (Å²) >= 11 is 1.83. The molecule has 33 heavy (non-hydrogen) atoms. The molecule has 3 heterocycles. The molecule has 7 heteroatoms. The molecule has 4 rings (SSSR count). The van der Waals surface area contributed by atoms with Gasteiger partial charge in [-0.15, -0.1) is 11.8 Å². The minimum Gasteiger partial charge on any atom is -0.497 e. The molecule has 6 nitrogen and oxygen atoms in total. The van der Waals surface area contributed by atoms with Gasteiger partial charge in [-0.2, -0.15) is 0 Å². The fourth-order valence-corrected chi connectivity index (χ4v) is 5.63. The van der Waals surface area contributed by atoms with Crippen LogP contribution in [0, 0.1) is 11.8 Å². The summed E-state index contributed by atoms with van der Waals surface area (Å²) in [5.74, 6) is 2.53. The molecular formula is C26H34N2O4S. The third kappa shape index (κ3) is 6.29.